The van der Waals surface area contributed by atoms with Crippen LogP contribution >= 0.6 is 11.6 Å². The molecule has 0 bridgehead atoms. The maximum Gasteiger partial charge on any atom is 0.255 e. The van der Waals surface area contributed by atoms with Crippen LogP contribution < -0.4 is 10.1 Å². The summed E-state index contributed by atoms with van der Waals surface area (Å²) >= 11 is 6.18. The second-order valence-electron chi connectivity index (χ2n) is 6.95. The number of nitrogens with one attached hydrogen (secondary N) is 1. The fraction of sp³-hybridized carbons (Fsp3) is 0.429. The molecule has 144 valence electrons. The highest BCUT2D eigenvalue weighted by Gasteiger charge is 2.26. The average Bonchev–Trinajstić information content (AvgIpc) is 2.70. The highest BCUT2D eigenvalue weighted by molar-refractivity contribution is 6.31. The Labute approximate surface area is 165 Å². The number of methoxy groups -OCH3 is 1. The smallest absolute Gasteiger partial charge is 0.255 e. The van der Waals surface area contributed by atoms with E-state index in [1.165, 1.54) is 6.42 Å². The maximum atomic E-state index is 13.0. The van der Waals surface area contributed by atoms with E-state index in [1.54, 1.807) is 25.6 Å². The number of hydrogen-bond acceptors (Lipinski definition) is 4. The molecule has 2 aromatic rings. The number of anilines is 2. The van der Waals surface area contributed by atoms with Gasteiger partial charge in [-0.05, 0) is 50.3 Å². The lowest BCUT2D eigenvalue weighted by atomic mass is 9.99. The van der Waals surface area contributed by atoms with Gasteiger partial charge >= 0.3 is 0 Å². The predicted octanol–water partition coefficient (Wildman–Crippen LogP) is 5.20. The average molecular weight is 388 g/mol. The van der Waals surface area contributed by atoms with Crippen LogP contribution in [0, 0.1) is 6.92 Å². The molecule has 1 aliphatic heterocycles. The topological polar surface area (TPSA) is 54.5 Å². The van der Waals surface area contributed by atoms with E-state index in [-0.39, 0.29) is 5.91 Å². The molecule has 1 aliphatic rings. The normalized spacial score (nSPS) is 16.9. The Bertz CT molecular complexity index is 825. The first kappa shape index (κ1) is 19.5. The van der Waals surface area contributed by atoms with Crippen LogP contribution in [0.15, 0.2) is 30.6 Å². The molecule has 1 unspecified atom stereocenters. The standard InChI is InChI=1S/C21H26ClN3O2/c1-4-17-7-5-6-8-25(17)21(26)15-10-16(13-23-12-15)24-19-9-14(2)18(22)11-20(19)27-3/h9-13,17,24H,4-8H2,1-3H3. The van der Waals surface area contributed by atoms with Gasteiger partial charge in [-0.25, -0.2) is 0 Å². The Hall–Kier alpha value is -2.27. The van der Waals surface area contributed by atoms with E-state index in [0.717, 1.165) is 42.7 Å². The number of nitrogens with zero attached hydrogens (tertiary/aromatic N) is 2. The van der Waals surface area contributed by atoms with Crippen molar-refractivity contribution < 1.29 is 9.53 Å². The van der Waals surface area contributed by atoms with Crippen LogP contribution in [0.4, 0.5) is 11.4 Å². The molecule has 0 spiro atoms. The lowest BCUT2D eigenvalue weighted by Gasteiger charge is -2.35. The molecule has 1 N–H and O–H groups in total. The number of ether oxygens (including phenoxy) is 1. The Morgan fingerprint density at radius 3 is 2.89 bits per heavy atom. The molecule has 1 aromatic carbocycles. The van der Waals surface area contributed by atoms with Gasteiger partial charge in [0.1, 0.15) is 5.75 Å². The van der Waals surface area contributed by atoms with E-state index in [9.17, 15) is 4.79 Å². The lowest BCUT2D eigenvalue weighted by Crippen LogP contribution is -2.43. The molecule has 1 amide bonds. The number of benzene rings is 1. The number of carbonyl (C=O) groups excluding carboxylic acids is 1. The highest BCUT2D eigenvalue weighted by Crippen LogP contribution is 2.33. The molecule has 0 aliphatic carbocycles. The van der Waals surface area contributed by atoms with Crippen LogP contribution in [0.25, 0.3) is 0 Å². The summed E-state index contributed by atoms with van der Waals surface area (Å²) in [7, 11) is 1.60. The molecule has 1 aromatic heterocycles. The summed E-state index contributed by atoms with van der Waals surface area (Å²) in [6, 6.07) is 5.87. The summed E-state index contributed by atoms with van der Waals surface area (Å²) in [4.78, 5) is 19.3. The molecular formula is C21H26ClN3O2. The summed E-state index contributed by atoms with van der Waals surface area (Å²) in [5.41, 5.74) is 3.07. The van der Waals surface area contributed by atoms with E-state index in [0.29, 0.717) is 22.4 Å². The summed E-state index contributed by atoms with van der Waals surface area (Å²) in [6.07, 6.45) is 7.66. The largest absolute Gasteiger partial charge is 0.495 e. The molecule has 0 saturated carbocycles. The van der Waals surface area contributed by atoms with Gasteiger partial charge in [-0.2, -0.15) is 0 Å². The minimum atomic E-state index is 0.0527. The van der Waals surface area contributed by atoms with Crippen molar-refractivity contribution in [1.29, 1.82) is 0 Å². The predicted molar refractivity (Wildman–Crippen MR) is 109 cm³/mol. The fourth-order valence-corrected chi connectivity index (χ4v) is 3.72. The van der Waals surface area contributed by atoms with Crippen molar-refractivity contribution in [3.05, 3.63) is 46.7 Å². The first-order valence-electron chi connectivity index (χ1n) is 9.40. The third-order valence-corrected chi connectivity index (χ3v) is 5.51. The van der Waals surface area contributed by atoms with Crippen LogP contribution in [0.1, 0.15) is 48.5 Å². The SMILES string of the molecule is CCC1CCCCN1C(=O)c1cncc(Nc2cc(C)c(Cl)cc2OC)c1. The summed E-state index contributed by atoms with van der Waals surface area (Å²) in [5, 5.41) is 3.95. The number of pyridine rings is 1. The van der Waals surface area contributed by atoms with Gasteiger partial charge in [0.2, 0.25) is 0 Å². The number of aryl methyl sites for hydroxylation is 1. The zero-order valence-corrected chi connectivity index (χ0v) is 16.8. The monoisotopic (exact) mass is 387 g/mol. The van der Waals surface area contributed by atoms with Crippen molar-refractivity contribution >= 4 is 28.9 Å². The van der Waals surface area contributed by atoms with Crippen LogP contribution in [-0.4, -0.2) is 35.5 Å². The molecule has 27 heavy (non-hydrogen) atoms. The third-order valence-electron chi connectivity index (χ3n) is 5.10. The Morgan fingerprint density at radius 1 is 1.33 bits per heavy atom. The third kappa shape index (κ3) is 4.35. The van der Waals surface area contributed by atoms with Gasteiger partial charge in [0.15, 0.2) is 0 Å². The summed E-state index contributed by atoms with van der Waals surface area (Å²) < 4.78 is 5.41. The van der Waals surface area contributed by atoms with Crippen molar-refractivity contribution in [3.63, 3.8) is 0 Å². The van der Waals surface area contributed by atoms with E-state index >= 15 is 0 Å². The van der Waals surface area contributed by atoms with Gasteiger partial charge < -0.3 is 15.0 Å². The summed E-state index contributed by atoms with van der Waals surface area (Å²) in [6.45, 7) is 4.90. The van der Waals surface area contributed by atoms with Crippen molar-refractivity contribution in [3.8, 4) is 5.75 Å². The zero-order chi connectivity index (χ0) is 19.4. The number of carbonyl (C=O) groups is 1. The number of halogens is 1. The first-order chi connectivity index (χ1) is 13.0. The molecule has 1 atom stereocenters. The van der Waals surface area contributed by atoms with E-state index in [2.05, 4.69) is 17.2 Å². The maximum absolute atomic E-state index is 13.0. The fourth-order valence-electron chi connectivity index (χ4n) is 3.57. The number of rotatable bonds is 5. The first-order valence-corrected chi connectivity index (χ1v) is 9.78. The number of likely N-dealkylation sites (tertiary alicyclic amines) is 1. The Kier molecular flexibility index (Phi) is 6.22. The van der Waals surface area contributed by atoms with Crippen molar-refractivity contribution in [2.24, 2.45) is 0 Å². The molecule has 6 heteroatoms. The second-order valence-corrected chi connectivity index (χ2v) is 7.35. The molecule has 2 heterocycles. The zero-order valence-electron chi connectivity index (χ0n) is 16.1. The number of hydrogen-bond donors (Lipinski definition) is 1. The van der Waals surface area contributed by atoms with E-state index < -0.39 is 0 Å². The van der Waals surface area contributed by atoms with Gasteiger partial charge in [0, 0.05) is 29.9 Å². The van der Waals surface area contributed by atoms with Crippen LogP contribution in [0.3, 0.4) is 0 Å². The molecule has 1 saturated heterocycles. The molecular weight excluding hydrogens is 362 g/mol. The van der Waals surface area contributed by atoms with Gasteiger partial charge in [-0.3, -0.25) is 9.78 Å². The van der Waals surface area contributed by atoms with Gasteiger partial charge in [-0.15, -0.1) is 0 Å². The van der Waals surface area contributed by atoms with Crippen LogP contribution in [0.2, 0.25) is 5.02 Å². The van der Waals surface area contributed by atoms with Crippen LogP contribution in [-0.2, 0) is 0 Å². The minimum absolute atomic E-state index is 0.0527. The Balaban J connectivity index is 1.84. The van der Waals surface area contributed by atoms with E-state index in [1.807, 2.05) is 24.0 Å². The van der Waals surface area contributed by atoms with E-state index in [4.69, 9.17) is 16.3 Å². The van der Waals surface area contributed by atoms with Gasteiger partial charge in [0.25, 0.3) is 5.91 Å². The quantitative estimate of drug-likeness (QED) is 0.766. The summed E-state index contributed by atoms with van der Waals surface area (Å²) in [5.74, 6) is 0.696. The molecule has 3 rings (SSSR count). The molecule has 0 radical (unpaired) electrons. The number of piperidine rings is 1. The van der Waals surface area contributed by atoms with Crippen molar-refractivity contribution in [2.45, 2.75) is 45.6 Å². The van der Waals surface area contributed by atoms with Crippen molar-refractivity contribution in [1.82, 2.24) is 9.88 Å². The number of amides is 1. The second kappa shape index (κ2) is 8.61. The Morgan fingerprint density at radius 2 is 2.15 bits per heavy atom. The van der Waals surface area contributed by atoms with Gasteiger partial charge in [-0.1, -0.05) is 18.5 Å². The lowest BCUT2D eigenvalue weighted by molar-refractivity contribution is 0.0607. The highest BCUT2D eigenvalue weighted by atomic mass is 35.5. The molecule has 5 nitrogen and oxygen atoms in total. The van der Waals surface area contributed by atoms with Crippen LogP contribution in [0.5, 0.6) is 5.75 Å². The molecule has 1 fully saturated rings. The van der Waals surface area contributed by atoms with Crippen molar-refractivity contribution in [2.75, 3.05) is 19.0 Å². The van der Waals surface area contributed by atoms with Gasteiger partial charge in [0.05, 0.1) is 30.2 Å². The number of aromatic nitrogens is 1. The minimum Gasteiger partial charge on any atom is -0.495 e.